The van der Waals surface area contributed by atoms with Crippen molar-refractivity contribution < 1.29 is 13.6 Å². The highest BCUT2D eigenvalue weighted by Crippen LogP contribution is 2.83. The fourth-order valence-corrected chi connectivity index (χ4v) is 14.8. The van der Waals surface area contributed by atoms with Crippen LogP contribution in [0.2, 0.25) is 0 Å². The maximum Gasteiger partial charge on any atom is 0.283 e. The summed E-state index contributed by atoms with van der Waals surface area (Å²) in [5.74, 6) is 0. The molecule has 0 unspecified atom stereocenters. The summed E-state index contributed by atoms with van der Waals surface area (Å²) in [7, 11) is -1.06. The van der Waals surface area contributed by atoms with Crippen LogP contribution in [0.25, 0.3) is 0 Å². The summed E-state index contributed by atoms with van der Waals surface area (Å²) in [5, 5.41) is 0. The van der Waals surface area contributed by atoms with E-state index in [1.165, 1.54) is 0 Å². The third kappa shape index (κ3) is 2.11. The van der Waals surface area contributed by atoms with Crippen molar-refractivity contribution in [3.8, 4) is 0 Å². The predicted octanol–water partition coefficient (Wildman–Crippen LogP) is 2.72. The van der Waals surface area contributed by atoms with Crippen molar-refractivity contribution in [2.24, 2.45) is 13.5 Å². The van der Waals surface area contributed by atoms with E-state index >= 15 is 0 Å². The Hall–Kier alpha value is 0.450. The molecule has 0 aromatic carbocycles. The van der Waals surface area contributed by atoms with E-state index in [4.69, 9.17) is 27.1 Å². The Morgan fingerprint density at radius 2 is 0.905 bits per heavy atom. The Kier molecular flexibility index (Phi) is 3.55. The van der Waals surface area contributed by atoms with Gasteiger partial charge in [0.05, 0.1) is 19.8 Å². The lowest BCUT2D eigenvalue weighted by molar-refractivity contribution is 0.378. The van der Waals surface area contributed by atoms with Crippen LogP contribution in [0.3, 0.4) is 0 Å². The molecule has 0 aromatic heterocycles. The molecule has 0 bridgehead atoms. The first-order valence-electron chi connectivity index (χ1n) is 7.00. The molecule has 0 aliphatic carbocycles. The molecule has 0 amide bonds. The van der Waals surface area contributed by atoms with E-state index in [0.717, 1.165) is 19.6 Å². The van der Waals surface area contributed by atoms with Crippen LogP contribution in [-0.2, 0) is 13.6 Å². The van der Waals surface area contributed by atoms with Crippen LogP contribution >= 0.6 is 22.7 Å². The molecule has 3 spiro atoms. The average molecular weight is 354 g/mol. The van der Waals surface area contributed by atoms with Crippen molar-refractivity contribution in [2.45, 2.75) is 0 Å². The molecule has 9 nitrogen and oxygen atoms in total. The second-order valence-corrected chi connectivity index (χ2v) is 13.5. The minimum Gasteiger partial charge on any atom is -0.314 e. The molecule has 21 heavy (non-hydrogen) atoms. The molecule has 3 saturated heterocycles. The maximum atomic E-state index is 6.05. The highest BCUT2D eigenvalue weighted by molar-refractivity contribution is 7.80. The molecule has 0 saturated carbocycles. The van der Waals surface area contributed by atoms with Crippen LogP contribution in [0.1, 0.15) is 0 Å². The standard InChI is InChI=1S/C9H21N6O3P3/c1-13-4-7-16-19(13)10-20(14(2)5-8-17-20)12-21(11-19)15(3)6-9-18-21/h4-9H2,1-3H3. The van der Waals surface area contributed by atoms with Crippen molar-refractivity contribution in [2.75, 3.05) is 60.6 Å². The van der Waals surface area contributed by atoms with Crippen LogP contribution < -0.4 is 0 Å². The Labute approximate surface area is 125 Å². The Morgan fingerprint density at radius 3 is 1.10 bits per heavy atom. The molecular formula is C9H21N6O3P3. The predicted molar refractivity (Wildman–Crippen MR) is 83.8 cm³/mol. The Bertz CT molecular complexity index is 534. The summed E-state index contributed by atoms with van der Waals surface area (Å²) in [5.41, 5.74) is 0. The van der Waals surface area contributed by atoms with Gasteiger partial charge in [0.15, 0.2) is 0 Å². The SMILES string of the molecule is CN1CCOP12=NP1(=NP3(=N2)OCCN3C)OCCN1C. The molecule has 3 fully saturated rings. The van der Waals surface area contributed by atoms with Gasteiger partial charge >= 0.3 is 0 Å². The first-order valence-corrected chi connectivity index (χ1v) is 11.7. The highest BCUT2D eigenvalue weighted by atomic mass is 31.3. The first kappa shape index (κ1) is 15.0. The highest BCUT2D eigenvalue weighted by Gasteiger charge is 2.49. The van der Waals surface area contributed by atoms with Gasteiger partial charge in [-0.2, -0.15) is 13.5 Å². The number of hydrogen-bond donors (Lipinski definition) is 0. The van der Waals surface area contributed by atoms with Crippen molar-refractivity contribution in [1.29, 1.82) is 0 Å². The molecule has 4 aliphatic heterocycles. The van der Waals surface area contributed by atoms with Crippen molar-refractivity contribution in [3.05, 3.63) is 0 Å². The lowest BCUT2D eigenvalue weighted by Gasteiger charge is -2.35. The molecule has 0 N–H and O–H groups in total. The molecule has 120 valence electrons. The van der Waals surface area contributed by atoms with Gasteiger partial charge in [0, 0.05) is 19.6 Å². The number of hydrogen-bond acceptors (Lipinski definition) is 9. The fourth-order valence-electron chi connectivity index (χ4n) is 2.65. The lowest BCUT2D eigenvalue weighted by atomic mass is 10.7. The summed E-state index contributed by atoms with van der Waals surface area (Å²) in [4.78, 5) is 0. The van der Waals surface area contributed by atoms with E-state index in [9.17, 15) is 0 Å². The molecule has 0 radical (unpaired) electrons. The quantitative estimate of drug-likeness (QED) is 0.623. The normalized spacial score (nSPS) is 48.1. The Morgan fingerprint density at radius 1 is 0.619 bits per heavy atom. The van der Waals surface area contributed by atoms with Gasteiger partial charge in [0.2, 0.25) is 0 Å². The minimum absolute atomic E-state index is 0.657. The molecule has 0 atom stereocenters. The smallest absolute Gasteiger partial charge is 0.283 e. The largest absolute Gasteiger partial charge is 0.314 e. The average Bonchev–Trinajstić information content (AvgIpc) is 3.05. The molecule has 4 rings (SSSR count). The van der Waals surface area contributed by atoms with Crippen molar-refractivity contribution in [1.82, 2.24) is 14.0 Å². The van der Waals surface area contributed by atoms with E-state index in [1.807, 2.05) is 21.1 Å². The van der Waals surface area contributed by atoms with Gasteiger partial charge in [0.1, 0.15) is 0 Å². The number of nitrogens with zero attached hydrogens (tertiary/aromatic N) is 6. The summed E-state index contributed by atoms with van der Waals surface area (Å²) in [6.07, 6.45) is 0. The zero-order valence-electron chi connectivity index (χ0n) is 12.5. The van der Waals surface area contributed by atoms with E-state index in [-0.39, 0.29) is 0 Å². The van der Waals surface area contributed by atoms with Crippen molar-refractivity contribution >= 4 is 22.7 Å². The van der Waals surface area contributed by atoms with Gasteiger partial charge in [-0.1, -0.05) is 0 Å². The molecule has 12 heteroatoms. The van der Waals surface area contributed by atoms with Crippen LogP contribution in [0.15, 0.2) is 13.5 Å². The maximum absolute atomic E-state index is 6.05. The summed E-state index contributed by atoms with van der Waals surface area (Å²) >= 11 is 0. The van der Waals surface area contributed by atoms with Crippen molar-refractivity contribution in [3.63, 3.8) is 0 Å². The second kappa shape index (κ2) is 4.97. The summed E-state index contributed by atoms with van der Waals surface area (Å²) in [6, 6.07) is 0. The van der Waals surface area contributed by atoms with E-state index in [1.54, 1.807) is 0 Å². The molecule has 0 aromatic rings. The first-order chi connectivity index (χ1) is 10.0. The fraction of sp³-hybridized carbons (Fsp3) is 1.00. The second-order valence-electron chi connectivity index (χ2n) is 5.45. The van der Waals surface area contributed by atoms with Crippen LogP contribution in [0, 0.1) is 0 Å². The minimum atomic E-state index is -2.38. The lowest BCUT2D eigenvalue weighted by Crippen LogP contribution is -2.15. The van der Waals surface area contributed by atoms with Gasteiger partial charge in [-0.25, -0.2) is 14.0 Å². The van der Waals surface area contributed by atoms with Crippen LogP contribution in [-0.4, -0.2) is 74.6 Å². The van der Waals surface area contributed by atoms with E-state index in [0.29, 0.717) is 19.8 Å². The van der Waals surface area contributed by atoms with Gasteiger partial charge in [-0.3, -0.25) is 0 Å². The van der Waals surface area contributed by atoms with Crippen LogP contribution in [0.5, 0.6) is 0 Å². The van der Waals surface area contributed by atoms with E-state index in [2.05, 4.69) is 14.0 Å². The van der Waals surface area contributed by atoms with Gasteiger partial charge < -0.3 is 13.6 Å². The van der Waals surface area contributed by atoms with Gasteiger partial charge in [-0.05, 0) is 21.1 Å². The number of likely N-dealkylation sites (N-methyl/N-ethyl adjacent to an activating group) is 3. The summed E-state index contributed by atoms with van der Waals surface area (Å²) in [6.45, 7) is 4.50. The monoisotopic (exact) mass is 354 g/mol. The molecule has 4 heterocycles. The molecular weight excluding hydrogens is 333 g/mol. The van der Waals surface area contributed by atoms with Crippen LogP contribution in [0.4, 0.5) is 0 Å². The zero-order valence-corrected chi connectivity index (χ0v) is 15.2. The number of rotatable bonds is 0. The third-order valence-corrected chi connectivity index (χ3v) is 14.5. The van der Waals surface area contributed by atoms with Gasteiger partial charge in [-0.15, -0.1) is 0 Å². The van der Waals surface area contributed by atoms with Gasteiger partial charge in [0.25, 0.3) is 22.7 Å². The summed E-state index contributed by atoms with van der Waals surface area (Å²) < 4.78 is 39.5. The zero-order chi connectivity index (χ0) is 14.7. The Balaban J connectivity index is 1.99. The topological polar surface area (TPSA) is 74.5 Å². The molecule has 4 aliphatic rings. The third-order valence-electron chi connectivity index (χ3n) is 4.07. The van der Waals surface area contributed by atoms with E-state index < -0.39 is 22.7 Å².